The van der Waals surface area contributed by atoms with Crippen LogP contribution in [-0.2, 0) is 17.9 Å². The van der Waals surface area contributed by atoms with Gasteiger partial charge in [-0.1, -0.05) is 24.3 Å². The van der Waals surface area contributed by atoms with Crippen molar-refractivity contribution < 1.29 is 19.0 Å². The van der Waals surface area contributed by atoms with Crippen LogP contribution < -0.4 is 30.6 Å². The Morgan fingerprint density at radius 1 is 1.12 bits per heavy atom. The van der Waals surface area contributed by atoms with Crippen molar-refractivity contribution in [3.63, 3.8) is 0 Å². The minimum atomic E-state index is -0.507. The van der Waals surface area contributed by atoms with E-state index in [2.05, 4.69) is 15.6 Å². The third-order valence-corrected chi connectivity index (χ3v) is 5.28. The maximum Gasteiger partial charge on any atom is 0.255 e. The number of hydrogen-bond acceptors (Lipinski definition) is 5. The lowest BCUT2D eigenvalue weighted by molar-refractivity contribution is -0.119. The number of para-hydroxylation sites is 1. The van der Waals surface area contributed by atoms with E-state index in [4.69, 9.17) is 19.9 Å². The van der Waals surface area contributed by atoms with Crippen molar-refractivity contribution in [3.8, 4) is 17.2 Å². The molecular formula is C24H33IN4O4. The van der Waals surface area contributed by atoms with Crippen LogP contribution in [-0.4, -0.2) is 38.7 Å². The molecule has 8 nitrogen and oxygen atoms in total. The summed E-state index contributed by atoms with van der Waals surface area (Å²) in [6.07, 6.45) is 4.82. The number of ether oxygens (including phenoxy) is 3. The molecule has 0 aliphatic heterocycles. The number of nitrogens with two attached hydrogens (primary N) is 1. The molecule has 1 fully saturated rings. The first-order chi connectivity index (χ1) is 15.6. The van der Waals surface area contributed by atoms with Crippen molar-refractivity contribution >= 4 is 35.8 Å². The van der Waals surface area contributed by atoms with Gasteiger partial charge >= 0.3 is 0 Å². The molecule has 180 valence electrons. The molecule has 1 saturated carbocycles. The first-order valence-electron chi connectivity index (χ1n) is 10.9. The van der Waals surface area contributed by atoms with Crippen LogP contribution in [0, 0.1) is 0 Å². The number of primary amides is 1. The molecule has 0 unspecified atom stereocenters. The summed E-state index contributed by atoms with van der Waals surface area (Å²) in [5.74, 6) is 2.28. The number of rotatable bonds is 10. The molecule has 0 atom stereocenters. The molecule has 33 heavy (non-hydrogen) atoms. The van der Waals surface area contributed by atoms with Crippen molar-refractivity contribution in [2.45, 2.75) is 44.9 Å². The third kappa shape index (κ3) is 8.30. The Bertz CT molecular complexity index is 932. The quantitative estimate of drug-likeness (QED) is 0.231. The van der Waals surface area contributed by atoms with E-state index in [9.17, 15) is 4.79 Å². The van der Waals surface area contributed by atoms with Crippen molar-refractivity contribution in [1.29, 1.82) is 0 Å². The molecule has 1 amide bonds. The average molecular weight is 568 g/mol. The van der Waals surface area contributed by atoms with Gasteiger partial charge in [-0.25, -0.2) is 0 Å². The Labute approximate surface area is 212 Å². The smallest absolute Gasteiger partial charge is 0.255 e. The van der Waals surface area contributed by atoms with Crippen molar-refractivity contribution in [1.82, 2.24) is 10.6 Å². The molecule has 0 radical (unpaired) electrons. The maximum absolute atomic E-state index is 10.9. The first-order valence-corrected chi connectivity index (χ1v) is 10.9. The number of carbonyl (C=O) groups excluding carboxylic acids is 1. The second kappa shape index (κ2) is 13.8. The van der Waals surface area contributed by atoms with Crippen LogP contribution in [0.5, 0.6) is 17.2 Å². The molecule has 0 saturated heterocycles. The summed E-state index contributed by atoms with van der Waals surface area (Å²) in [6.45, 7) is 0.934. The summed E-state index contributed by atoms with van der Waals surface area (Å²) in [5.41, 5.74) is 7.14. The van der Waals surface area contributed by atoms with Crippen LogP contribution in [0.1, 0.15) is 36.8 Å². The van der Waals surface area contributed by atoms with E-state index in [1.54, 1.807) is 20.2 Å². The van der Waals surface area contributed by atoms with E-state index in [0.717, 1.165) is 35.5 Å². The van der Waals surface area contributed by atoms with E-state index in [-0.39, 0.29) is 36.7 Å². The SMILES string of the molecule is CN=C(NCc1cccc(OCC(N)=O)c1)NCc1cccc(OC)c1OC1CCCC1.I. The summed E-state index contributed by atoms with van der Waals surface area (Å²) in [5, 5.41) is 6.63. The number of nitrogens with one attached hydrogen (secondary N) is 2. The summed E-state index contributed by atoms with van der Waals surface area (Å²) in [4.78, 5) is 15.2. The number of carbonyl (C=O) groups is 1. The Morgan fingerprint density at radius 2 is 1.85 bits per heavy atom. The zero-order valence-corrected chi connectivity index (χ0v) is 21.5. The van der Waals surface area contributed by atoms with Crippen LogP contribution in [0.4, 0.5) is 0 Å². The zero-order chi connectivity index (χ0) is 22.8. The second-order valence-corrected chi connectivity index (χ2v) is 7.65. The molecular weight excluding hydrogens is 535 g/mol. The van der Waals surface area contributed by atoms with Crippen molar-refractivity contribution in [2.24, 2.45) is 10.7 Å². The van der Waals surface area contributed by atoms with Gasteiger partial charge in [0.15, 0.2) is 24.1 Å². The molecule has 3 rings (SSSR count). The number of halogens is 1. The van der Waals surface area contributed by atoms with E-state index < -0.39 is 5.91 Å². The largest absolute Gasteiger partial charge is 0.493 e. The minimum absolute atomic E-state index is 0. The Morgan fingerprint density at radius 3 is 2.55 bits per heavy atom. The van der Waals surface area contributed by atoms with Gasteiger partial charge in [0.05, 0.1) is 13.2 Å². The second-order valence-electron chi connectivity index (χ2n) is 7.65. The Hall–Kier alpha value is -2.69. The van der Waals surface area contributed by atoms with E-state index in [1.807, 2.05) is 36.4 Å². The highest BCUT2D eigenvalue weighted by atomic mass is 127. The fourth-order valence-corrected chi connectivity index (χ4v) is 3.65. The Balaban J connectivity index is 0.00000385. The molecule has 0 bridgehead atoms. The van der Waals surface area contributed by atoms with Crippen molar-refractivity contribution in [2.75, 3.05) is 20.8 Å². The minimum Gasteiger partial charge on any atom is -0.493 e. The lowest BCUT2D eigenvalue weighted by atomic mass is 10.1. The van der Waals surface area contributed by atoms with Gasteiger partial charge in [0, 0.05) is 25.7 Å². The molecule has 1 aliphatic rings. The van der Waals surface area contributed by atoms with E-state index in [0.29, 0.717) is 24.8 Å². The summed E-state index contributed by atoms with van der Waals surface area (Å²) in [6, 6.07) is 13.4. The predicted molar refractivity (Wildman–Crippen MR) is 139 cm³/mol. The fraction of sp³-hybridized carbons (Fsp3) is 0.417. The third-order valence-electron chi connectivity index (χ3n) is 5.28. The number of nitrogens with zero attached hydrogens (tertiary/aromatic N) is 1. The normalized spacial score (nSPS) is 13.7. The first kappa shape index (κ1) is 26.6. The van der Waals surface area contributed by atoms with Gasteiger partial charge < -0.3 is 30.6 Å². The lowest BCUT2D eigenvalue weighted by Gasteiger charge is -2.20. The fourth-order valence-electron chi connectivity index (χ4n) is 3.65. The van der Waals surface area contributed by atoms with Crippen LogP contribution in [0.2, 0.25) is 0 Å². The highest BCUT2D eigenvalue weighted by Crippen LogP contribution is 2.34. The number of amides is 1. The van der Waals surface area contributed by atoms with Crippen LogP contribution >= 0.6 is 24.0 Å². The van der Waals surface area contributed by atoms with Gasteiger partial charge in [-0.3, -0.25) is 9.79 Å². The molecule has 1 aliphatic carbocycles. The highest BCUT2D eigenvalue weighted by molar-refractivity contribution is 14.0. The van der Waals surface area contributed by atoms with E-state index >= 15 is 0 Å². The van der Waals surface area contributed by atoms with E-state index in [1.165, 1.54) is 12.8 Å². The molecule has 0 heterocycles. The van der Waals surface area contributed by atoms with Crippen LogP contribution in [0.15, 0.2) is 47.5 Å². The Kier molecular flexibility index (Phi) is 11.1. The number of guanidine groups is 1. The summed E-state index contributed by atoms with van der Waals surface area (Å²) >= 11 is 0. The standard InChI is InChI=1S/C24H32N4O4.HI/c1-26-24(27-14-17-7-5-11-20(13-17)31-16-22(25)29)28-15-18-8-6-12-21(30-2)23(18)32-19-9-3-4-10-19;/h5-8,11-13,19H,3-4,9-10,14-16H2,1-2H3,(H2,25,29)(H2,26,27,28);1H. The van der Waals surface area contributed by atoms with Gasteiger partial charge in [0.1, 0.15) is 5.75 Å². The van der Waals surface area contributed by atoms with Crippen molar-refractivity contribution in [3.05, 3.63) is 53.6 Å². The molecule has 2 aromatic rings. The van der Waals surface area contributed by atoms with Crippen LogP contribution in [0.3, 0.4) is 0 Å². The molecule has 4 N–H and O–H groups in total. The van der Waals surface area contributed by atoms with Gasteiger partial charge in [0.2, 0.25) is 0 Å². The monoisotopic (exact) mass is 568 g/mol. The highest BCUT2D eigenvalue weighted by Gasteiger charge is 2.20. The number of benzene rings is 2. The zero-order valence-electron chi connectivity index (χ0n) is 19.1. The van der Waals surface area contributed by atoms with Crippen LogP contribution in [0.25, 0.3) is 0 Å². The molecule has 0 spiro atoms. The number of hydrogen-bond donors (Lipinski definition) is 3. The molecule has 0 aromatic heterocycles. The topological polar surface area (TPSA) is 107 Å². The maximum atomic E-state index is 10.9. The number of aliphatic imine (C=N–C) groups is 1. The molecule has 9 heteroatoms. The molecule has 2 aromatic carbocycles. The van der Waals surface area contributed by atoms with Gasteiger partial charge in [-0.15, -0.1) is 24.0 Å². The lowest BCUT2D eigenvalue weighted by Crippen LogP contribution is -2.36. The van der Waals surface area contributed by atoms with Gasteiger partial charge in [0.25, 0.3) is 5.91 Å². The average Bonchev–Trinajstić information content (AvgIpc) is 3.32. The van der Waals surface area contributed by atoms with Gasteiger partial charge in [-0.2, -0.15) is 0 Å². The summed E-state index contributed by atoms with van der Waals surface area (Å²) in [7, 11) is 3.39. The van der Waals surface area contributed by atoms with Gasteiger partial charge in [-0.05, 0) is 49.4 Å². The number of methoxy groups -OCH3 is 1. The predicted octanol–water partition coefficient (Wildman–Crippen LogP) is 3.36. The summed E-state index contributed by atoms with van der Waals surface area (Å²) < 4.78 is 17.2.